The Morgan fingerprint density at radius 2 is 1.75 bits per heavy atom. The van der Waals surface area contributed by atoms with Gasteiger partial charge in [-0.3, -0.25) is 4.98 Å². The highest BCUT2D eigenvalue weighted by Gasteiger charge is 2.38. The Kier molecular flexibility index (Phi) is 5.63. The van der Waals surface area contributed by atoms with E-state index in [1.165, 1.54) is 25.7 Å². The number of hydrogen-bond donors (Lipinski definition) is 1. The topological polar surface area (TPSA) is 78.8 Å². The van der Waals surface area contributed by atoms with Crippen molar-refractivity contribution in [1.82, 2.24) is 14.9 Å². The Balaban J connectivity index is 1.16. The molecule has 0 amide bonds. The van der Waals surface area contributed by atoms with Crippen LogP contribution in [0, 0.1) is 19.3 Å². The summed E-state index contributed by atoms with van der Waals surface area (Å²) in [7, 11) is 0. The number of piperidine rings is 2. The number of cyclic esters (lactones) is 1. The van der Waals surface area contributed by atoms with Crippen molar-refractivity contribution in [2.24, 2.45) is 5.41 Å². The number of fused-ring (bicyclic) bond motifs is 1. The second kappa shape index (κ2) is 8.45. The molecular weight excluding hydrogens is 404 g/mol. The predicted octanol–water partition coefficient (Wildman–Crippen LogP) is 3.18. The summed E-state index contributed by atoms with van der Waals surface area (Å²) in [4.78, 5) is 25.5. The first-order chi connectivity index (χ1) is 15.5. The molecule has 2 aromatic rings. The lowest BCUT2D eigenvalue weighted by Crippen LogP contribution is -2.47. The summed E-state index contributed by atoms with van der Waals surface area (Å²) in [6, 6.07) is 3.69. The Labute approximate surface area is 189 Å². The lowest BCUT2D eigenvalue weighted by molar-refractivity contribution is 0.0447. The van der Waals surface area contributed by atoms with Gasteiger partial charge in [-0.25, -0.2) is 9.78 Å². The molecule has 3 aliphatic heterocycles. The SMILES string of the molecule is Cc1nccnc1N1CCC2(CCN(CC(O)c3ccc4c(c3C)COC4=O)CC2)CC1. The van der Waals surface area contributed by atoms with Crippen LogP contribution in [0.4, 0.5) is 5.82 Å². The van der Waals surface area contributed by atoms with Gasteiger partial charge in [-0.2, -0.15) is 0 Å². The van der Waals surface area contributed by atoms with E-state index in [2.05, 4.69) is 19.8 Å². The molecule has 1 aromatic carbocycles. The number of rotatable bonds is 4. The Morgan fingerprint density at radius 3 is 2.47 bits per heavy atom. The molecule has 7 heteroatoms. The van der Waals surface area contributed by atoms with E-state index in [1.54, 1.807) is 18.5 Å². The van der Waals surface area contributed by atoms with Gasteiger partial charge in [-0.05, 0) is 75.2 Å². The van der Waals surface area contributed by atoms with E-state index in [-0.39, 0.29) is 5.97 Å². The largest absolute Gasteiger partial charge is 0.457 e. The fourth-order valence-electron chi connectivity index (χ4n) is 5.69. The summed E-state index contributed by atoms with van der Waals surface area (Å²) >= 11 is 0. The molecule has 1 aromatic heterocycles. The molecule has 1 spiro atoms. The third kappa shape index (κ3) is 3.88. The van der Waals surface area contributed by atoms with Crippen LogP contribution in [-0.2, 0) is 11.3 Å². The maximum atomic E-state index is 11.8. The highest BCUT2D eigenvalue weighted by atomic mass is 16.5. The lowest BCUT2D eigenvalue weighted by Gasteiger charge is -2.47. The molecule has 32 heavy (non-hydrogen) atoms. The number of aryl methyl sites for hydroxylation is 1. The molecule has 7 nitrogen and oxygen atoms in total. The number of β-amino-alcohol motifs (C(OH)–C–C–N with tert-alkyl or cyclic N) is 1. The van der Waals surface area contributed by atoms with Gasteiger partial charge in [-0.15, -0.1) is 0 Å². The summed E-state index contributed by atoms with van der Waals surface area (Å²) in [6.45, 7) is 9.09. The van der Waals surface area contributed by atoms with Crippen LogP contribution in [0.1, 0.15) is 64.5 Å². The zero-order valence-corrected chi connectivity index (χ0v) is 19.0. The van der Waals surface area contributed by atoms with Crippen molar-refractivity contribution in [3.05, 3.63) is 52.5 Å². The van der Waals surface area contributed by atoms with E-state index >= 15 is 0 Å². The lowest BCUT2D eigenvalue weighted by atomic mass is 9.71. The molecule has 0 radical (unpaired) electrons. The number of carbonyl (C=O) groups excluding carboxylic acids is 1. The van der Waals surface area contributed by atoms with Gasteiger partial charge >= 0.3 is 5.97 Å². The monoisotopic (exact) mass is 436 g/mol. The van der Waals surface area contributed by atoms with Crippen LogP contribution in [0.2, 0.25) is 0 Å². The minimum absolute atomic E-state index is 0.258. The van der Waals surface area contributed by atoms with Crippen molar-refractivity contribution in [3.63, 3.8) is 0 Å². The van der Waals surface area contributed by atoms with E-state index in [4.69, 9.17) is 4.74 Å². The van der Waals surface area contributed by atoms with Crippen LogP contribution < -0.4 is 4.90 Å². The third-order valence-corrected chi connectivity index (χ3v) is 7.89. The highest BCUT2D eigenvalue weighted by Crippen LogP contribution is 2.42. The van der Waals surface area contributed by atoms with Crippen LogP contribution in [0.25, 0.3) is 0 Å². The van der Waals surface area contributed by atoms with E-state index in [9.17, 15) is 9.90 Å². The van der Waals surface area contributed by atoms with Crippen LogP contribution in [0.3, 0.4) is 0 Å². The molecule has 2 saturated heterocycles. The van der Waals surface area contributed by atoms with Crippen LogP contribution in [-0.4, -0.2) is 58.7 Å². The van der Waals surface area contributed by atoms with Gasteiger partial charge < -0.3 is 19.6 Å². The molecule has 0 saturated carbocycles. The van der Waals surface area contributed by atoms with Gasteiger partial charge in [0.1, 0.15) is 12.4 Å². The summed E-state index contributed by atoms with van der Waals surface area (Å²) in [6.07, 6.45) is 7.73. The Morgan fingerprint density at radius 1 is 1.06 bits per heavy atom. The van der Waals surface area contributed by atoms with Gasteiger partial charge in [0.25, 0.3) is 0 Å². The van der Waals surface area contributed by atoms with Gasteiger partial charge in [-0.1, -0.05) is 6.07 Å². The molecule has 4 heterocycles. The van der Waals surface area contributed by atoms with Gasteiger partial charge in [0.2, 0.25) is 0 Å². The molecule has 3 aliphatic rings. The summed E-state index contributed by atoms with van der Waals surface area (Å²) in [5.41, 5.74) is 4.88. The van der Waals surface area contributed by atoms with E-state index in [1.807, 2.05) is 19.9 Å². The third-order valence-electron chi connectivity index (χ3n) is 7.89. The number of benzene rings is 1. The molecule has 1 unspecified atom stereocenters. The average molecular weight is 437 g/mol. The molecule has 0 aliphatic carbocycles. The normalized spacial score (nSPS) is 21.5. The van der Waals surface area contributed by atoms with Crippen molar-refractivity contribution < 1.29 is 14.6 Å². The predicted molar refractivity (Wildman–Crippen MR) is 122 cm³/mol. The standard InChI is InChI=1S/C25H32N4O3/c1-17-19(3-4-20-21(17)16-32-24(20)31)22(30)15-28-11-5-25(6-12-28)7-13-29(14-8-25)23-18(2)26-9-10-27-23/h3-4,9-10,22,30H,5-8,11-16H2,1-2H3. The zero-order chi connectivity index (χ0) is 22.3. The number of likely N-dealkylation sites (tertiary alicyclic amines) is 1. The number of carbonyl (C=O) groups is 1. The number of esters is 1. The molecule has 1 N–H and O–H groups in total. The first kappa shape index (κ1) is 21.3. The van der Waals surface area contributed by atoms with Crippen LogP contribution >= 0.6 is 0 Å². The van der Waals surface area contributed by atoms with Gasteiger partial charge in [0, 0.05) is 37.6 Å². The van der Waals surface area contributed by atoms with Crippen molar-refractivity contribution in [3.8, 4) is 0 Å². The number of nitrogens with zero attached hydrogens (tertiary/aromatic N) is 4. The maximum Gasteiger partial charge on any atom is 0.338 e. The minimum Gasteiger partial charge on any atom is -0.457 e. The molecule has 170 valence electrons. The first-order valence-electron chi connectivity index (χ1n) is 11.7. The van der Waals surface area contributed by atoms with Crippen molar-refractivity contribution in [2.75, 3.05) is 37.6 Å². The number of hydrogen-bond acceptors (Lipinski definition) is 7. The number of aromatic nitrogens is 2. The second-order valence-corrected chi connectivity index (χ2v) is 9.65. The summed E-state index contributed by atoms with van der Waals surface area (Å²) in [5, 5.41) is 11.0. The first-order valence-corrected chi connectivity index (χ1v) is 11.7. The number of anilines is 1. The number of aliphatic hydroxyl groups excluding tert-OH is 1. The van der Waals surface area contributed by atoms with Crippen molar-refractivity contribution in [2.45, 2.75) is 52.2 Å². The van der Waals surface area contributed by atoms with Gasteiger partial charge in [0.05, 0.1) is 17.4 Å². The molecular formula is C25H32N4O3. The maximum absolute atomic E-state index is 11.8. The smallest absolute Gasteiger partial charge is 0.338 e. The zero-order valence-electron chi connectivity index (χ0n) is 19.0. The second-order valence-electron chi connectivity index (χ2n) is 9.65. The molecule has 0 bridgehead atoms. The highest BCUT2D eigenvalue weighted by molar-refractivity contribution is 5.93. The van der Waals surface area contributed by atoms with Crippen molar-refractivity contribution >= 4 is 11.8 Å². The summed E-state index contributed by atoms with van der Waals surface area (Å²) < 4.78 is 5.15. The number of ether oxygens (including phenoxy) is 1. The molecule has 2 fully saturated rings. The average Bonchev–Trinajstić information content (AvgIpc) is 3.18. The quantitative estimate of drug-likeness (QED) is 0.738. The van der Waals surface area contributed by atoms with E-state index in [0.717, 1.165) is 54.4 Å². The van der Waals surface area contributed by atoms with Crippen LogP contribution in [0.5, 0.6) is 0 Å². The molecule has 5 rings (SSSR count). The van der Waals surface area contributed by atoms with Crippen LogP contribution in [0.15, 0.2) is 24.5 Å². The minimum atomic E-state index is -0.550. The van der Waals surface area contributed by atoms with Crippen molar-refractivity contribution in [1.29, 1.82) is 0 Å². The van der Waals surface area contributed by atoms with E-state index < -0.39 is 6.10 Å². The van der Waals surface area contributed by atoms with Gasteiger partial charge in [0.15, 0.2) is 0 Å². The molecule has 1 atom stereocenters. The Hall–Kier alpha value is -2.51. The fourth-order valence-corrected chi connectivity index (χ4v) is 5.69. The van der Waals surface area contributed by atoms with E-state index in [0.29, 0.717) is 24.1 Å². The fraction of sp³-hybridized carbons (Fsp3) is 0.560. The number of aliphatic hydroxyl groups is 1. The Bertz CT molecular complexity index is 1010. The summed E-state index contributed by atoms with van der Waals surface area (Å²) in [5.74, 6) is 0.769.